The third-order valence-electron chi connectivity index (χ3n) is 15.8. The topological polar surface area (TPSA) is 175 Å². The number of aromatic nitrogens is 4. The first-order valence-electron chi connectivity index (χ1n) is 26.1. The van der Waals surface area contributed by atoms with E-state index in [2.05, 4.69) is 43.4 Å². The van der Waals surface area contributed by atoms with Crippen LogP contribution in [-0.4, -0.2) is 98.3 Å². The number of nitrogens with one attached hydrogen (secondary N) is 2. The monoisotopic (exact) mass is 1050 g/mol. The molecule has 7 aromatic rings. The number of aromatic carboxylic acids is 1. The summed E-state index contributed by atoms with van der Waals surface area (Å²) in [4.78, 5) is 66.9. The van der Waals surface area contributed by atoms with Crippen molar-refractivity contribution in [3.8, 4) is 16.9 Å². The number of imide groups is 1. The number of rotatable bonds is 13. The van der Waals surface area contributed by atoms with Crippen molar-refractivity contribution >= 4 is 72.8 Å². The second-order valence-corrected chi connectivity index (χ2v) is 21.5. The zero-order valence-electron chi connectivity index (χ0n) is 42.2. The Labute approximate surface area is 441 Å². The van der Waals surface area contributed by atoms with Crippen LogP contribution in [0.3, 0.4) is 0 Å². The first-order chi connectivity index (χ1) is 36.7. The summed E-state index contributed by atoms with van der Waals surface area (Å²) < 4.78 is 54.7. The summed E-state index contributed by atoms with van der Waals surface area (Å²) in [5.74, 6) is -2.47. The lowest BCUT2D eigenvalue weighted by molar-refractivity contribution is -0.139. The summed E-state index contributed by atoms with van der Waals surface area (Å²) in [7, 11) is 1.90. The van der Waals surface area contributed by atoms with Crippen LogP contribution in [0.5, 0.6) is 5.75 Å². The van der Waals surface area contributed by atoms with Gasteiger partial charge in [0.1, 0.15) is 17.1 Å². The molecule has 1 saturated carbocycles. The number of hydrogen-bond donors (Lipinski definition) is 3. The molecule has 76 heavy (non-hydrogen) atoms. The van der Waals surface area contributed by atoms with Gasteiger partial charge in [0.2, 0.25) is 11.8 Å². The van der Waals surface area contributed by atoms with E-state index >= 15 is 13.2 Å². The third kappa shape index (κ3) is 10.2. The highest BCUT2D eigenvalue weighted by atomic mass is 32.1. The molecular formula is C57H58F3N9O6S. The number of nitrogens with zero attached hydrogens (tertiary/aromatic N) is 7. The van der Waals surface area contributed by atoms with Crippen molar-refractivity contribution in [1.82, 2.24) is 30.0 Å². The Bertz CT molecular complexity index is 3350. The number of para-hydroxylation sites is 2. The molecule has 1 unspecified atom stereocenters. The van der Waals surface area contributed by atoms with Gasteiger partial charge in [0.25, 0.3) is 5.91 Å². The van der Waals surface area contributed by atoms with E-state index in [1.54, 1.807) is 12.1 Å². The van der Waals surface area contributed by atoms with E-state index in [0.29, 0.717) is 67.0 Å². The van der Waals surface area contributed by atoms with E-state index in [1.807, 2.05) is 65.2 Å². The SMILES string of the molecule is C[C@@H](CCC1CCC(Oc2cccc(-c3ccc(N4CCc5cccc(C(=O)Nc6nc7ccccc7s6)c5C4)nc3C(=O)O)c2C(F)(F)F)CC1)N1CCN(c2cccc3c(C4CCC(=O)NC4=O)nn(C)c23)CC1. The quantitative estimate of drug-likeness (QED) is 0.0934. The maximum Gasteiger partial charge on any atom is 0.420 e. The lowest BCUT2D eigenvalue weighted by Gasteiger charge is -2.40. The Balaban J connectivity index is 0.710. The minimum absolute atomic E-state index is 0.173. The van der Waals surface area contributed by atoms with Crippen molar-refractivity contribution in [2.75, 3.05) is 47.8 Å². The Morgan fingerprint density at radius 2 is 1.63 bits per heavy atom. The van der Waals surface area contributed by atoms with Gasteiger partial charge >= 0.3 is 12.1 Å². The first-order valence-corrected chi connectivity index (χ1v) is 26.9. The van der Waals surface area contributed by atoms with Gasteiger partial charge in [-0.2, -0.15) is 18.3 Å². The van der Waals surface area contributed by atoms with Gasteiger partial charge in [-0.3, -0.25) is 34.6 Å². The van der Waals surface area contributed by atoms with Crippen molar-refractivity contribution in [2.24, 2.45) is 13.0 Å². The molecule has 1 aliphatic carbocycles. The van der Waals surface area contributed by atoms with Gasteiger partial charge in [0.15, 0.2) is 10.8 Å². The zero-order valence-corrected chi connectivity index (χ0v) is 43.1. The highest BCUT2D eigenvalue weighted by molar-refractivity contribution is 7.22. The number of fused-ring (bicyclic) bond motifs is 3. The Hall–Kier alpha value is -7.38. The van der Waals surface area contributed by atoms with Gasteiger partial charge in [-0.25, -0.2) is 14.8 Å². The average Bonchev–Trinajstić information content (AvgIpc) is 4.03. The normalized spacial score (nSPS) is 19.9. The second-order valence-electron chi connectivity index (χ2n) is 20.5. The largest absolute Gasteiger partial charge is 0.490 e. The summed E-state index contributed by atoms with van der Waals surface area (Å²) in [6.45, 7) is 6.36. The van der Waals surface area contributed by atoms with Crippen LogP contribution < -0.4 is 25.2 Å². The minimum Gasteiger partial charge on any atom is -0.490 e. The predicted molar refractivity (Wildman–Crippen MR) is 285 cm³/mol. The molecule has 11 rings (SSSR count). The summed E-state index contributed by atoms with van der Waals surface area (Å²) >= 11 is 1.37. The van der Waals surface area contributed by atoms with Gasteiger partial charge < -0.3 is 19.6 Å². The van der Waals surface area contributed by atoms with Crippen LogP contribution in [0.1, 0.15) is 107 Å². The fourth-order valence-electron chi connectivity index (χ4n) is 11.8. The Morgan fingerprint density at radius 3 is 2.39 bits per heavy atom. The number of thiazole rings is 1. The molecule has 3 amide bonds. The fraction of sp³-hybridized carbons (Fsp3) is 0.386. The molecule has 394 valence electrons. The summed E-state index contributed by atoms with van der Waals surface area (Å²) in [6.07, 6.45) is 0.818. The number of carboxylic acid groups (broad SMARTS) is 1. The van der Waals surface area contributed by atoms with E-state index in [-0.39, 0.29) is 47.0 Å². The van der Waals surface area contributed by atoms with E-state index in [4.69, 9.17) is 9.84 Å². The molecule has 19 heteroatoms. The van der Waals surface area contributed by atoms with Crippen LogP contribution in [0.2, 0.25) is 0 Å². The number of pyridine rings is 1. The molecule has 4 aliphatic rings. The van der Waals surface area contributed by atoms with Crippen LogP contribution in [0.15, 0.2) is 91.0 Å². The highest BCUT2D eigenvalue weighted by Crippen LogP contribution is 2.46. The van der Waals surface area contributed by atoms with Gasteiger partial charge in [-0.1, -0.05) is 59.9 Å². The first kappa shape index (κ1) is 50.8. The lowest BCUT2D eigenvalue weighted by Crippen LogP contribution is -2.49. The molecule has 3 aliphatic heterocycles. The van der Waals surface area contributed by atoms with Crippen LogP contribution in [0.25, 0.3) is 32.2 Å². The van der Waals surface area contributed by atoms with Crippen LogP contribution in [-0.2, 0) is 35.8 Å². The average molecular weight is 1050 g/mol. The number of carboxylic acids is 1. The van der Waals surface area contributed by atoms with Crippen molar-refractivity contribution in [3.63, 3.8) is 0 Å². The number of halogens is 3. The zero-order chi connectivity index (χ0) is 52.8. The summed E-state index contributed by atoms with van der Waals surface area (Å²) in [5, 5.41) is 22.0. The van der Waals surface area contributed by atoms with E-state index in [1.165, 1.54) is 35.6 Å². The van der Waals surface area contributed by atoms with Crippen molar-refractivity contribution in [2.45, 2.75) is 95.5 Å². The minimum atomic E-state index is -4.87. The van der Waals surface area contributed by atoms with Crippen molar-refractivity contribution < 1.29 is 42.2 Å². The maximum absolute atomic E-state index is 15.2. The number of carbonyl (C=O) groups is 4. The Kier molecular flexibility index (Phi) is 14.0. The number of amides is 3. The molecule has 0 spiro atoms. The van der Waals surface area contributed by atoms with Gasteiger partial charge in [0, 0.05) is 80.9 Å². The van der Waals surface area contributed by atoms with Gasteiger partial charge in [-0.15, -0.1) is 0 Å². The Morgan fingerprint density at radius 1 is 0.855 bits per heavy atom. The van der Waals surface area contributed by atoms with Crippen LogP contribution in [0, 0.1) is 5.92 Å². The van der Waals surface area contributed by atoms with Gasteiger partial charge in [-0.05, 0) is 118 Å². The molecule has 3 fully saturated rings. The molecule has 0 radical (unpaired) electrons. The number of ether oxygens (including phenoxy) is 1. The van der Waals surface area contributed by atoms with E-state index in [0.717, 1.165) is 89.8 Å². The van der Waals surface area contributed by atoms with E-state index in [9.17, 15) is 24.3 Å². The molecule has 15 nitrogen and oxygen atoms in total. The summed E-state index contributed by atoms with van der Waals surface area (Å²) in [5.41, 5.74) is 3.62. The molecular weight excluding hydrogens is 996 g/mol. The highest BCUT2D eigenvalue weighted by Gasteiger charge is 2.40. The molecule has 3 N–H and O–H groups in total. The number of alkyl halides is 3. The second kappa shape index (κ2) is 21.0. The standard InChI is InChI=1S/C57H58F3N9O6S/c1-33(67-28-30-68(31-29-67)44-13-6-11-40-50(65-66(2)52(40)44)41-23-25-48(70)63-54(41)72)16-17-34-18-20-36(21-19-34)75-45-14-7-9-37(49(45)57(58,59)60)38-22-24-47(62-51(38)55(73)74)69-27-26-35-8-5-10-39(42(35)32-69)53(71)64-56-61-43-12-3-4-15-46(43)76-56/h3-15,22,24,33-34,36,41H,16-21,23,25-32H2,1-2H3,(H,73,74)(H,61,64,71)(H,63,70,72)/t33-,34?,36?,41?/m0/s1. The van der Waals surface area contributed by atoms with E-state index < -0.39 is 35.4 Å². The fourth-order valence-corrected chi connectivity index (χ4v) is 12.7. The number of carbonyl (C=O) groups excluding carboxylic acids is 3. The maximum atomic E-state index is 15.2. The third-order valence-corrected chi connectivity index (χ3v) is 16.8. The number of aryl methyl sites for hydroxylation is 1. The van der Waals surface area contributed by atoms with Crippen LogP contribution >= 0.6 is 11.3 Å². The number of benzene rings is 4. The molecule has 4 aromatic carbocycles. The molecule has 2 saturated heterocycles. The molecule has 2 atom stereocenters. The smallest absolute Gasteiger partial charge is 0.420 e. The van der Waals surface area contributed by atoms with Crippen molar-refractivity contribution in [3.05, 3.63) is 125 Å². The van der Waals surface area contributed by atoms with Gasteiger partial charge in [0.05, 0.1) is 39.1 Å². The number of piperazine rings is 1. The molecule has 0 bridgehead atoms. The molecule has 6 heterocycles. The van der Waals surface area contributed by atoms with Crippen LogP contribution in [0.4, 0.5) is 29.8 Å². The number of anilines is 3. The summed E-state index contributed by atoms with van der Waals surface area (Å²) in [6, 6.07) is 26.5. The lowest BCUT2D eigenvalue weighted by atomic mass is 9.83. The predicted octanol–water partition coefficient (Wildman–Crippen LogP) is 10.2. The number of hydrogen-bond acceptors (Lipinski definition) is 12. The van der Waals surface area contributed by atoms with Crippen molar-refractivity contribution in [1.29, 1.82) is 0 Å². The molecule has 3 aromatic heterocycles. The number of piperidine rings is 1.